The van der Waals surface area contributed by atoms with Gasteiger partial charge in [0.2, 0.25) is 5.82 Å². The molecule has 0 unspecified atom stereocenters. The SMILES string of the molecule is Nc1nc(CCCNC(=O)c2nnc3n2CCCCC3)cs1. The number of nitrogens with one attached hydrogen (secondary N) is 1. The van der Waals surface area contributed by atoms with E-state index in [2.05, 4.69) is 20.5 Å². The Kier molecular flexibility index (Phi) is 4.67. The van der Waals surface area contributed by atoms with Crippen molar-refractivity contribution in [2.24, 2.45) is 0 Å². The van der Waals surface area contributed by atoms with E-state index in [9.17, 15) is 4.79 Å². The number of hydrogen-bond donors (Lipinski definition) is 2. The van der Waals surface area contributed by atoms with Crippen LogP contribution in [-0.2, 0) is 19.4 Å². The number of aromatic nitrogens is 4. The lowest BCUT2D eigenvalue weighted by Crippen LogP contribution is -2.28. The Hall–Kier alpha value is -1.96. The van der Waals surface area contributed by atoms with E-state index in [0.29, 0.717) is 17.5 Å². The Bertz CT molecular complexity index is 650. The number of nitrogens with two attached hydrogens (primary N) is 1. The fourth-order valence-corrected chi connectivity index (χ4v) is 3.24. The largest absolute Gasteiger partial charge is 0.375 e. The highest BCUT2D eigenvalue weighted by Crippen LogP contribution is 2.14. The van der Waals surface area contributed by atoms with Crippen LogP contribution in [0, 0.1) is 0 Å². The zero-order chi connectivity index (χ0) is 15.4. The summed E-state index contributed by atoms with van der Waals surface area (Å²) >= 11 is 1.44. The molecular formula is C14H20N6OS. The van der Waals surface area contributed by atoms with Gasteiger partial charge < -0.3 is 15.6 Å². The van der Waals surface area contributed by atoms with Crippen LogP contribution in [0.2, 0.25) is 0 Å². The molecule has 0 saturated carbocycles. The summed E-state index contributed by atoms with van der Waals surface area (Å²) in [5.74, 6) is 1.23. The molecule has 0 spiro atoms. The molecule has 3 N–H and O–H groups in total. The van der Waals surface area contributed by atoms with Crippen LogP contribution in [0.4, 0.5) is 5.13 Å². The molecule has 3 heterocycles. The number of carbonyl (C=O) groups excluding carboxylic acids is 1. The summed E-state index contributed by atoms with van der Waals surface area (Å²) in [4.78, 5) is 16.4. The first-order valence-electron chi connectivity index (χ1n) is 7.64. The molecule has 7 nitrogen and oxygen atoms in total. The highest BCUT2D eigenvalue weighted by atomic mass is 32.1. The fraction of sp³-hybridized carbons (Fsp3) is 0.571. The van der Waals surface area contributed by atoms with E-state index in [-0.39, 0.29) is 5.91 Å². The molecule has 2 aromatic heterocycles. The number of nitrogens with zero attached hydrogens (tertiary/aromatic N) is 4. The molecule has 0 bridgehead atoms. The molecule has 0 radical (unpaired) electrons. The average molecular weight is 320 g/mol. The number of anilines is 1. The van der Waals surface area contributed by atoms with E-state index in [1.54, 1.807) is 0 Å². The third-order valence-corrected chi connectivity index (χ3v) is 4.50. The standard InChI is InChI=1S/C14H20N6OS/c15-14-17-10(9-22-14)5-4-7-16-13(21)12-19-18-11-6-2-1-3-8-20(11)12/h9H,1-8H2,(H2,15,17)(H,16,21). The summed E-state index contributed by atoms with van der Waals surface area (Å²) in [7, 11) is 0. The Morgan fingerprint density at radius 2 is 2.27 bits per heavy atom. The lowest BCUT2D eigenvalue weighted by Gasteiger charge is -2.07. The smallest absolute Gasteiger partial charge is 0.289 e. The lowest BCUT2D eigenvalue weighted by atomic mass is 10.2. The van der Waals surface area contributed by atoms with Crippen LogP contribution in [0.15, 0.2) is 5.38 Å². The van der Waals surface area contributed by atoms with Gasteiger partial charge in [0.25, 0.3) is 5.91 Å². The van der Waals surface area contributed by atoms with Crippen molar-refractivity contribution < 1.29 is 4.79 Å². The van der Waals surface area contributed by atoms with E-state index >= 15 is 0 Å². The number of rotatable bonds is 5. The molecule has 0 aromatic carbocycles. The van der Waals surface area contributed by atoms with Gasteiger partial charge in [0.1, 0.15) is 5.82 Å². The van der Waals surface area contributed by atoms with Crippen molar-refractivity contribution >= 4 is 22.4 Å². The summed E-state index contributed by atoms with van der Waals surface area (Å²) in [5, 5.41) is 13.7. The highest BCUT2D eigenvalue weighted by Gasteiger charge is 2.19. The minimum Gasteiger partial charge on any atom is -0.375 e. The topological polar surface area (TPSA) is 98.7 Å². The second-order valence-corrected chi connectivity index (χ2v) is 6.33. The van der Waals surface area contributed by atoms with Gasteiger partial charge >= 0.3 is 0 Å². The van der Waals surface area contributed by atoms with Crippen molar-refractivity contribution in [3.05, 3.63) is 22.7 Å². The number of hydrogen-bond acceptors (Lipinski definition) is 6. The molecule has 22 heavy (non-hydrogen) atoms. The predicted octanol–water partition coefficient (Wildman–Crippen LogP) is 1.41. The van der Waals surface area contributed by atoms with E-state index in [0.717, 1.165) is 50.2 Å². The van der Waals surface area contributed by atoms with Crippen LogP contribution in [-0.4, -0.2) is 32.2 Å². The number of amides is 1. The quantitative estimate of drug-likeness (QED) is 0.812. The number of aryl methyl sites for hydroxylation is 2. The van der Waals surface area contributed by atoms with Crippen molar-refractivity contribution in [3.8, 4) is 0 Å². The maximum atomic E-state index is 12.2. The van der Waals surface area contributed by atoms with Crippen molar-refractivity contribution in [2.45, 2.75) is 45.1 Å². The van der Waals surface area contributed by atoms with Crippen LogP contribution in [0.5, 0.6) is 0 Å². The summed E-state index contributed by atoms with van der Waals surface area (Å²) in [6.45, 7) is 1.43. The zero-order valence-electron chi connectivity index (χ0n) is 12.4. The normalized spacial score (nSPS) is 14.4. The number of carbonyl (C=O) groups is 1. The molecule has 2 aromatic rings. The van der Waals surface area contributed by atoms with Gasteiger partial charge in [-0.05, 0) is 25.7 Å². The van der Waals surface area contributed by atoms with Crippen molar-refractivity contribution in [1.29, 1.82) is 0 Å². The Labute approximate surface area is 133 Å². The molecule has 3 rings (SSSR count). The first-order chi connectivity index (χ1) is 10.7. The molecule has 0 saturated heterocycles. The van der Waals surface area contributed by atoms with Crippen molar-refractivity contribution in [2.75, 3.05) is 12.3 Å². The van der Waals surface area contributed by atoms with E-state index in [1.165, 1.54) is 17.8 Å². The van der Waals surface area contributed by atoms with Gasteiger partial charge in [-0.25, -0.2) is 4.98 Å². The monoisotopic (exact) mass is 320 g/mol. The molecule has 1 amide bonds. The molecule has 0 fully saturated rings. The second-order valence-electron chi connectivity index (χ2n) is 5.44. The summed E-state index contributed by atoms with van der Waals surface area (Å²) in [6, 6.07) is 0. The van der Waals surface area contributed by atoms with Gasteiger partial charge in [-0.15, -0.1) is 21.5 Å². The summed E-state index contributed by atoms with van der Waals surface area (Å²) in [5.41, 5.74) is 6.57. The Balaban J connectivity index is 1.51. The molecular weight excluding hydrogens is 300 g/mol. The van der Waals surface area contributed by atoms with E-state index < -0.39 is 0 Å². The Morgan fingerprint density at radius 1 is 1.36 bits per heavy atom. The van der Waals surface area contributed by atoms with Gasteiger partial charge in [-0.2, -0.15) is 0 Å². The van der Waals surface area contributed by atoms with Gasteiger partial charge in [0, 0.05) is 24.9 Å². The third kappa shape index (κ3) is 3.44. The fourth-order valence-electron chi connectivity index (χ4n) is 2.64. The van der Waals surface area contributed by atoms with Gasteiger partial charge in [0.15, 0.2) is 5.13 Å². The Morgan fingerprint density at radius 3 is 3.09 bits per heavy atom. The maximum absolute atomic E-state index is 12.2. The molecule has 1 aliphatic heterocycles. The number of nitrogen functional groups attached to an aromatic ring is 1. The summed E-state index contributed by atoms with van der Waals surface area (Å²) < 4.78 is 1.96. The van der Waals surface area contributed by atoms with Crippen molar-refractivity contribution in [3.63, 3.8) is 0 Å². The van der Waals surface area contributed by atoms with Crippen LogP contribution in [0.25, 0.3) is 0 Å². The van der Waals surface area contributed by atoms with Crippen LogP contribution < -0.4 is 11.1 Å². The van der Waals surface area contributed by atoms with E-state index in [4.69, 9.17) is 5.73 Å². The van der Waals surface area contributed by atoms with Crippen molar-refractivity contribution in [1.82, 2.24) is 25.1 Å². The second kappa shape index (κ2) is 6.87. The minimum atomic E-state index is -0.140. The maximum Gasteiger partial charge on any atom is 0.289 e. The minimum absolute atomic E-state index is 0.140. The number of fused-ring (bicyclic) bond motifs is 1. The van der Waals surface area contributed by atoms with Gasteiger partial charge in [0.05, 0.1) is 5.69 Å². The first kappa shape index (κ1) is 15.0. The van der Waals surface area contributed by atoms with Gasteiger partial charge in [-0.1, -0.05) is 6.42 Å². The first-order valence-corrected chi connectivity index (χ1v) is 8.52. The van der Waals surface area contributed by atoms with Crippen LogP contribution in [0.3, 0.4) is 0 Å². The summed E-state index contributed by atoms with van der Waals surface area (Å²) in [6.07, 6.45) is 5.93. The van der Waals surface area contributed by atoms with E-state index in [1.807, 2.05) is 9.95 Å². The third-order valence-electron chi connectivity index (χ3n) is 3.78. The molecule has 1 aliphatic rings. The molecule has 0 atom stereocenters. The average Bonchev–Trinajstić information content (AvgIpc) is 3.03. The molecule has 8 heteroatoms. The molecule has 118 valence electrons. The lowest BCUT2D eigenvalue weighted by molar-refractivity contribution is 0.0937. The van der Waals surface area contributed by atoms with Gasteiger partial charge in [-0.3, -0.25) is 4.79 Å². The predicted molar refractivity (Wildman–Crippen MR) is 84.8 cm³/mol. The van der Waals surface area contributed by atoms with Crippen LogP contribution >= 0.6 is 11.3 Å². The van der Waals surface area contributed by atoms with Crippen LogP contribution in [0.1, 0.15) is 47.8 Å². The number of thiazole rings is 1. The molecule has 0 aliphatic carbocycles. The zero-order valence-corrected chi connectivity index (χ0v) is 13.2. The highest BCUT2D eigenvalue weighted by molar-refractivity contribution is 7.13.